The predicted molar refractivity (Wildman–Crippen MR) is 104 cm³/mol. The van der Waals surface area contributed by atoms with Gasteiger partial charge >= 0.3 is 0 Å². The maximum atomic E-state index is 11.1. The van der Waals surface area contributed by atoms with Crippen LogP contribution in [-0.2, 0) is 5.41 Å². The summed E-state index contributed by atoms with van der Waals surface area (Å²) in [4.78, 5) is 10.6. The van der Waals surface area contributed by atoms with Gasteiger partial charge in [0.25, 0.3) is 5.69 Å². The summed E-state index contributed by atoms with van der Waals surface area (Å²) in [6, 6.07) is 21.2. The van der Waals surface area contributed by atoms with Gasteiger partial charge in [0.2, 0.25) is 0 Å². The zero-order valence-electron chi connectivity index (χ0n) is 15.0. The molecule has 1 N–H and O–H groups in total. The molecule has 0 fully saturated rings. The molecule has 0 saturated carbocycles. The van der Waals surface area contributed by atoms with Crippen molar-refractivity contribution in [2.24, 2.45) is 10.2 Å². The smallest absolute Gasteiger partial charge is 0.296 e. The predicted octanol–water partition coefficient (Wildman–Crippen LogP) is 6.04. The summed E-state index contributed by atoms with van der Waals surface area (Å²) < 4.78 is 0. The van der Waals surface area contributed by atoms with Crippen molar-refractivity contribution >= 4 is 17.1 Å². The van der Waals surface area contributed by atoms with E-state index in [-0.39, 0.29) is 28.2 Å². The lowest BCUT2D eigenvalue weighted by Crippen LogP contribution is -2.18. The molecule has 3 aromatic carbocycles. The third-order valence-corrected chi connectivity index (χ3v) is 4.54. The summed E-state index contributed by atoms with van der Waals surface area (Å²) in [5, 5.41) is 29.3. The van der Waals surface area contributed by atoms with Gasteiger partial charge in [-0.25, -0.2) is 0 Å². The lowest BCUT2D eigenvalue weighted by molar-refractivity contribution is -0.384. The minimum atomic E-state index is -0.511. The fraction of sp³-hybridized carbons (Fsp3) is 0.143. The van der Waals surface area contributed by atoms with Crippen molar-refractivity contribution in [3.63, 3.8) is 0 Å². The Balaban J connectivity index is 1.99. The molecule has 0 aromatic heterocycles. The largest absolute Gasteiger partial charge is 0.506 e. The van der Waals surface area contributed by atoms with Crippen LogP contribution in [0.15, 0.2) is 83.0 Å². The quantitative estimate of drug-likeness (QED) is 0.341. The second-order valence-electron chi connectivity index (χ2n) is 6.64. The fourth-order valence-electron chi connectivity index (χ4n) is 2.82. The topological polar surface area (TPSA) is 88.1 Å². The molecule has 0 aliphatic heterocycles. The number of para-hydroxylation sites is 1. The minimum absolute atomic E-state index is 0.0371. The van der Waals surface area contributed by atoms with Crippen LogP contribution in [0, 0.1) is 10.1 Å². The van der Waals surface area contributed by atoms with Crippen molar-refractivity contribution in [3.8, 4) is 5.75 Å². The Hall–Kier alpha value is -3.54. The van der Waals surface area contributed by atoms with E-state index in [4.69, 9.17) is 0 Å². The Bertz CT molecular complexity index is 999. The molecule has 3 rings (SSSR count). The minimum Gasteiger partial charge on any atom is -0.506 e. The number of nitrogens with zero attached hydrogens (tertiary/aromatic N) is 3. The first-order valence-electron chi connectivity index (χ1n) is 8.44. The number of aromatic hydroxyl groups is 1. The Kier molecular flexibility index (Phi) is 4.98. The van der Waals surface area contributed by atoms with Crippen LogP contribution in [-0.4, -0.2) is 10.0 Å². The zero-order valence-corrected chi connectivity index (χ0v) is 15.0. The average Bonchev–Trinajstić information content (AvgIpc) is 2.68. The van der Waals surface area contributed by atoms with Crippen molar-refractivity contribution in [3.05, 3.63) is 94.0 Å². The molecule has 0 heterocycles. The van der Waals surface area contributed by atoms with Gasteiger partial charge in [-0.05, 0) is 29.3 Å². The van der Waals surface area contributed by atoms with Crippen LogP contribution in [0.4, 0.5) is 17.1 Å². The average molecular weight is 361 g/mol. The third-order valence-electron chi connectivity index (χ3n) is 4.54. The van der Waals surface area contributed by atoms with Crippen molar-refractivity contribution in [2.75, 3.05) is 0 Å². The molecule has 0 aliphatic carbocycles. The van der Waals surface area contributed by atoms with Crippen LogP contribution >= 0.6 is 0 Å². The van der Waals surface area contributed by atoms with E-state index in [0.29, 0.717) is 0 Å². The first-order chi connectivity index (χ1) is 12.9. The first kappa shape index (κ1) is 18.3. The highest BCUT2D eigenvalue weighted by atomic mass is 16.6. The summed E-state index contributed by atoms with van der Waals surface area (Å²) in [6.07, 6.45) is 0. The van der Waals surface area contributed by atoms with E-state index in [2.05, 4.69) is 24.1 Å². The Labute approximate surface area is 157 Å². The van der Waals surface area contributed by atoms with Crippen LogP contribution in [0.1, 0.15) is 25.0 Å². The van der Waals surface area contributed by atoms with E-state index in [1.54, 1.807) is 24.3 Å². The maximum absolute atomic E-state index is 11.1. The first-order valence-corrected chi connectivity index (χ1v) is 8.44. The van der Waals surface area contributed by atoms with Crippen molar-refractivity contribution in [1.82, 2.24) is 0 Å². The molecule has 136 valence electrons. The van der Waals surface area contributed by atoms with Crippen molar-refractivity contribution in [2.45, 2.75) is 19.3 Å². The van der Waals surface area contributed by atoms with Crippen LogP contribution in [0.5, 0.6) is 5.75 Å². The summed E-state index contributed by atoms with van der Waals surface area (Å²) in [5.74, 6) is -0.0371. The molecule has 3 aromatic rings. The standard InChI is InChI=1S/C21H19N3O3/c1-21(2,15-8-4-3-5-9-15)16-12-13-20(25)18(14-16)23-22-17-10-6-7-11-19(17)24(26)27/h3-14,25H,1-2H3. The molecule has 0 bridgehead atoms. The number of phenols is 1. The Morgan fingerprint density at radius 1 is 0.852 bits per heavy atom. The normalized spacial score (nSPS) is 11.6. The Morgan fingerprint density at radius 3 is 2.19 bits per heavy atom. The number of azo groups is 1. The molecular weight excluding hydrogens is 342 g/mol. The number of phenolic OH excluding ortho intramolecular Hbond substituents is 1. The van der Waals surface area contributed by atoms with Gasteiger partial charge in [0.1, 0.15) is 11.4 Å². The van der Waals surface area contributed by atoms with Gasteiger partial charge < -0.3 is 5.11 Å². The van der Waals surface area contributed by atoms with Gasteiger partial charge in [0.05, 0.1) is 4.92 Å². The second-order valence-corrected chi connectivity index (χ2v) is 6.64. The van der Waals surface area contributed by atoms with Crippen LogP contribution in [0.2, 0.25) is 0 Å². The summed E-state index contributed by atoms with van der Waals surface area (Å²) in [5.41, 5.74) is 2.02. The van der Waals surface area contributed by atoms with E-state index in [1.165, 1.54) is 12.1 Å². The molecule has 0 amide bonds. The van der Waals surface area contributed by atoms with Crippen molar-refractivity contribution < 1.29 is 10.0 Å². The maximum Gasteiger partial charge on any atom is 0.296 e. The molecule has 0 aliphatic rings. The van der Waals surface area contributed by atoms with E-state index < -0.39 is 4.92 Å². The fourth-order valence-corrected chi connectivity index (χ4v) is 2.82. The van der Waals surface area contributed by atoms with Crippen LogP contribution in [0.3, 0.4) is 0 Å². The Morgan fingerprint density at radius 2 is 1.48 bits per heavy atom. The SMILES string of the molecule is CC(C)(c1ccccc1)c1ccc(O)c(N=Nc2ccccc2[N+](=O)[O-])c1. The highest BCUT2D eigenvalue weighted by Gasteiger charge is 2.24. The van der Waals surface area contributed by atoms with E-state index in [1.807, 2.05) is 36.4 Å². The second kappa shape index (κ2) is 7.37. The lowest BCUT2D eigenvalue weighted by atomic mass is 9.78. The van der Waals surface area contributed by atoms with Gasteiger partial charge in [-0.15, -0.1) is 10.2 Å². The number of hydrogen-bond donors (Lipinski definition) is 1. The summed E-state index contributed by atoms with van der Waals surface area (Å²) in [6.45, 7) is 4.16. The number of benzene rings is 3. The molecule has 0 atom stereocenters. The molecule has 0 radical (unpaired) electrons. The number of nitro groups is 1. The molecule has 0 spiro atoms. The highest BCUT2D eigenvalue weighted by molar-refractivity contribution is 5.59. The molecule has 0 saturated heterocycles. The van der Waals surface area contributed by atoms with Crippen LogP contribution in [0.25, 0.3) is 0 Å². The number of rotatable bonds is 5. The lowest BCUT2D eigenvalue weighted by Gasteiger charge is -2.26. The van der Waals surface area contributed by atoms with E-state index in [9.17, 15) is 15.2 Å². The molecule has 0 unspecified atom stereocenters. The molecule has 27 heavy (non-hydrogen) atoms. The summed E-state index contributed by atoms with van der Waals surface area (Å²) >= 11 is 0. The van der Waals surface area contributed by atoms with Gasteiger partial charge in [0, 0.05) is 11.5 Å². The zero-order chi connectivity index (χ0) is 19.4. The van der Waals surface area contributed by atoms with Gasteiger partial charge in [0.15, 0.2) is 5.69 Å². The monoisotopic (exact) mass is 361 g/mol. The number of hydrogen-bond acceptors (Lipinski definition) is 5. The van der Waals surface area contributed by atoms with Gasteiger partial charge in [-0.1, -0.05) is 62.4 Å². The van der Waals surface area contributed by atoms with E-state index >= 15 is 0 Å². The third kappa shape index (κ3) is 3.84. The van der Waals surface area contributed by atoms with Gasteiger partial charge in [-0.2, -0.15) is 0 Å². The molecule has 6 heteroatoms. The van der Waals surface area contributed by atoms with Crippen molar-refractivity contribution in [1.29, 1.82) is 0 Å². The van der Waals surface area contributed by atoms with Gasteiger partial charge in [-0.3, -0.25) is 10.1 Å². The van der Waals surface area contributed by atoms with E-state index in [0.717, 1.165) is 11.1 Å². The summed E-state index contributed by atoms with van der Waals surface area (Å²) in [7, 11) is 0. The van der Waals surface area contributed by atoms with Crippen LogP contribution < -0.4 is 0 Å². The number of nitro benzene ring substituents is 1. The highest BCUT2D eigenvalue weighted by Crippen LogP contribution is 2.38. The molecular formula is C21H19N3O3. The molecule has 6 nitrogen and oxygen atoms in total.